The van der Waals surface area contributed by atoms with Crippen molar-refractivity contribution in [1.82, 2.24) is 4.57 Å². The summed E-state index contributed by atoms with van der Waals surface area (Å²) < 4.78 is 1.69. The van der Waals surface area contributed by atoms with Gasteiger partial charge in [-0.3, -0.25) is 4.79 Å². The Morgan fingerprint density at radius 1 is 1.47 bits per heavy atom. The van der Waals surface area contributed by atoms with E-state index in [4.69, 9.17) is 5.73 Å². The zero-order valence-electron chi connectivity index (χ0n) is 8.43. The third kappa shape index (κ3) is 1.94. The normalized spacial score (nSPS) is 10.5. The van der Waals surface area contributed by atoms with Crippen molar-refractivity contribution in [1.29, 1.82) is 0 Å². The minimum Gasteiger partial charge on any atom is -0.399 e. The molecule has 0 amide bonds. The molecule has 0 bridgehead atoms. The van der Waals surface area contributed by atoms with Crippen LogP contribution in [0.1, 0.15) is 11.1 Å². The van der Waals surface area contributed by atoms with Crippen LogP contribution in [0.4, 0.5) is 5.69 Å². The van der Waals surface area contributed by atoms with Crippen LogP contribution in [-0.2, 0) is 6.54 Å². The fourth-order valence-electron chi connectivity index (χ4n) is 1.47. The molecule has 78 valence electrons. The molecule has 3 nitrogen and oxygen atoms in total. The Labute approximate surface area is 91.8 Å². The van der Waals surface area contributed by atoms with Crippen molar-refractivity contribution in [2.45, 2.75) is 13.5 Å². The highest BCUT2D eigenvalue weighted by molar-refractivity contribution is 7.07. The van der Waals surface area contributed by atoms with E-state index in [-0.39, 0.29) is 4.87 Å². The predicted octanol–water partition coefficient (Wildman–Crippen LogP) is 1.85. The number of anilines is 1. The Kier molecular flexibility index (Phi) is 2.60. The van der Waals surface area contributed by atoms with Crippen molar-refractivity contribution in [2.75, 3.05) is 5.73 Å². The molecule has 1 heterocycles. The van der Waals surface area contributed by atoms with Gasteiger partial charge in [0, 0.05) is 17.3 Å². The van der Waals surface area contributed by atoms with Gasteiger partial charge in [0.1, 0.15) is 0 Å². The van der Waals surface area contributed by atoms with E-state index in [1.54, 1.807) is 16.1 Å². The molecule has 15 heavy (non-hydrogen) atoms. The quantitative estimate of drug-likeness (QED) is 0.785. The first-order valence-corrected chi connectivity index (χ1v) is 5.54. The summed E-state index contributed by atoms with van der Waals surface area (Å²) in [5.41, 5.74) is 8.72. The first kappa shape index (κ1) is 9.98. The fraction of sp³-hybridized carbons (Fsp3) is 0.182. The molecule has 0 atom stereocenters. The molecular weight excluding hydrogens is 208 g/mol. The van der Waals surface area contributed by atoms with Crippen molar-refractivity contribution in [3.8, 4) is 0 Å². The van der Waals surface area contributed by atoms with Crippen molar-refractivity contribution in [3.63, 3.8) is 0 Å². The molecule has 0 fully saturated rings. The number of benzene rings is 1. The lowest BCUT2D eigenvalue weighted by Gasteiger charge is -2.08. The number of thiazole rings is 1. The summed E-state index contributed by atoms with van der Waals surface area (Å²) in [4.78, 5) is 11.4. The van der Waals surface area contributed by atoms with Gasteiger partial charge >= 0.3 is 4.87 Å². The molecule has 0 aliphatic heterocycles. The van der Waals surface area contributed by atoms with Gasteiger partial charge in [0.05, 0.1) is 6.54 Å². The van der Waals surface area contributed by atoms with Crippen LogP contribution < -0.4 is 10.6 Å². The highest BCUT2D eigenvalue weighted by Gasteiger charge is 2.03. The van der Waals surface area contributed by atoms with Crippen LogP contribution in [0.2, 0.25) is 0 Å². The number of aromatic nitrogens is 1. The van der Waals surface area contributed by atoms with Crippen LogP contribution >= 0.6 is 11.3 Å². The molecule has 0 unspecified atom stereocenters. The van der Waals surface area contributed by atoms with Crippen LogP contribution in [0.3, 0.4) is 0 Å². The second kappa shape index (κ2) is 3.90. The van der Waals surface area contributed by atoms with Crippen LogP contribution in [0.5, 0.6) is 0 Å². The number of nitrogens with two attached hydrogens (primary N) is 1. The minimum absolute atomic E-state index is 0.0665. The Hall–Kier alpha value is -1.55. The van der Waals surface area contributed by atoms with Gasteiger partial charge < -0.3 is 10.3 Å². The summed E-state index contributed by atoms with van der Waals surface area (Å²) in [5, 5.41) is 1.80. The third-order valence-electron chi connectivity index (χ3n) is 2.47. The molecular formula is C11H12N2OS. The second-order valence-corrected chi connectivity index (χ2v) is 4.29. The molecule has 4 heteroatoms. The lowest BCUT2D eigenvalue weighted by molar-refractivity contribution is 0.780. The first-order valence-electron chi connectivity index (χ1n) is 4.66. The highest BCUT2D eigenvalue weighted by atomic mass is 32.1. The van der Waals surface area contributed by atoms with Gasteiger partial charge in [0.15, 0.2) is 0 Å². The molecule has 1 aromatic carbocycles. The van der Waals surface area contributed by atoms with E-state index in [0.29, 0.717) is 6.54 Å². The average Bonchev–Trinajstić information content (AvgIpc) is 2.60. The molecule has 2 N–H and O–H groups in total. The second-order valence-electron chi connectivity index (χ2n) is 3.43. The average molecular weight is 220 g/mol. The SMILES string of the molecule is Cc1c(N)cccc1Cn1ccsc1=O. The van der Waals surface area contributed by atoms with Crippen molar-refractivity contribution >= 4 is 17.0 Å². The van der Waals surface area contributed by atoms with E-state index in [1.165, 1.54) is 11.3 Å². The molecule has 0 saturated carbocycles. The van der Waals surface area contributed by atoms with Gasteiger partial charge in [-0.25, -0.2) is 0 Å². The summed E-state index contributed by atoms with van der Waals surface area (Å²) in [6.45, 7) is 2.57. The van der Waals surface area contributed by atoms with E-state index in [0.717, 1.165) is 16.8 Å². The lowest BCUT2D eigenvalue weighted by atomic mass is 10.1. The molecule has 2 aromatic rings. The number of hydrogen-bond acceptors (Lipinski definition) is 3. The standard InChI is InChI=1S/C11H12N2OS/c1-8-9(3-2-4-10(8)12)7-13-5-6-15-11(13)14/h2-6H,7,12H2,1H3. The Morgan fingerprint density at radius 3 is 2.93 bits per heavy atom. The predicted molar refractivity (Wildman–Crippen MR) is 63.3 cm³/mol. The molecule has 0 aliphatic rings. The van der Waals surface area contributed by atoms with Crippen molar-refractivity contribution < 1.29 is 0 Å². The van der Waals surface area contributed by atoms with Crippen LogP contribution in [0.15, 0.2) is 34.6 Å². The number of nitrogen functional groups attached to an aromatic ring is 1. The third-order valence-corrected chi connectivity index (χ3v) is 3.17. The van der Waals surface area contributed by atoms with Gasteiger partial charge in [-0.2, -0.15) is 0 Å². The molecule has 0 saturated heterocycles. The largest absolute Gasteiger partial charge is 0.399 e. The Bertz CT molecular complexity index is 527. The summed E-state index contributed by atoms with van der Waals surface area (Å²) in [6, 6.07) is 5.78. The summed E-state index contributed by atoms with van der Waals surface area (Å²) >= 11 is 1.21. The van der Waals surface area contributed by atoms with E-state index in [9.17, 15) is 4.79 Å². The topological polar surface area (TPSA) is 48.0 Å². The smallest absolute Gasteiger partial charge is 0.307 e. The monoisotopic (exact) mass is 220 g/mol. The Balaban J connectivity index is 2.37. The van der Waals surface area contributed by atoms with E-state index in [2.05, 4.69) is 0 Å². The molecule has 0 spiro atoms. The maximum absolute atomic E-state index is 11.4. The number of nitrogens with zero attached hydrogens (tertiary/aromatic N) is 1. The maximum atomic E-state index is 11.4. The molecule has 2 rings (SSSR count). The fourth-order valence-corrected chi connectivity index (χ4v) is 2.05. The van der Waals surface area contributed by atoms with Crippen molar-refractivity contribution in [3.05, 3.63) is 50.6 Å². The van der Waals surface area contributed by atoms with Gasteiger partial charge in [0.25, 0.3) is 0 Å². The summed E-state index contributed by atoms with van der Waals surface area (Å²) in [7, 11) is 0. The van der Waals surface area contributed by atoms with Crippen LogP contribution in [0.25, 0.3) is 0 Å². The van der Waals surface area contributed by atoms with E-state index in [1.807, 2.05) is 25.1 Å². The highest BCUT2D eigenvalue weighted by Crippen LogP contribution is 2.16. The zero-order chi connectivity index (χ0) is 10.8. The van der Waals surface area contributed by atoms with Crippen LogP contribution in [-0.4, -0.2) is 4.57 Å². The Morgan fingerprint density at radius 2 is 2.27 bits per heavy atom. The zero-order valence-corrected chi connectivity index (χ0v) is 9.25. The van der Waals surface area contributed by atoms with E-state index >= 15 is 0 Å². The summed E-state index contributed by atoms with van der Waals surface area (Å²) in [5.74, 6) is 0. The maximum Gasteiger partial charge on any atom is 0.307 e. The molecule has 1 aromatic heterocycles. The van der Waals surface area contributed by atoms with Gasteiger partial charge in [0.2, 0.25) is 0 Å². The molecule has 0 aliphatic carbocycles. The minimum atomic E-state index is 0.0665. The van der Waals surface area contributed by atoms with Gasteiger partial charge in [-0.15, -0.1) is 0 Å². The summed E-state index contributed by atoms with van der Waals surface area (Å²) in [6.07, 6.45) is 1.80. The van der Waals surface area contributed by atoms with Gasteiger partial charge in [-0.1, -0.05) is 23.5 Å². The van der Waals surface area contributed by atoms with Crippen molar-refractivity contribution in [2.24, 2.45) is 0 Å². The first-order chi connectivity index (χ1) is 7.18. The number of hydrogen-bond donors (Lipinski definition) is 1. The lowest BCUT2D eigenvalue weighted by Crippen LogP contribution is -2.13. The van der Waals surface area contributed by atoms with Crippen LogP contribution in [0, 0.1) is 6.92 Å². The number of rotatable bonds is 2. The van der Waals surface area contributed by atoms with E-state index < -0.39 is 0 Å². The van der Waals surface area contributed by atoms with Gasteiger partial charge in [-0.05, 0) is 24.1 Å². The molecule has 0 radical (unpaired) electrons.